The largest absolute Gasteiger partial charge is 0.481 e. The maximum absolute atomic E-state index is 13.7. The van der Waals surface area contributed by atoms with Crippen LogP contribution in [0.4, 0.5) is 10.5 Å². The third kappa shape index (κ3) is 7.26. The second kappa shape index (κ2) is 12.0. The average molecular weight is 570 g/mol. The number of anilines is 1. The molecular formula is C31H48BN3O6. The molecule has 226 valence electrons. The Morgan fingerprint density at radius 2 is 1.78 bits per heavy atom. The van der Waals surface area contributed by atoms with Crippen molar-refractivity contribution < 1.29 is 28.4 Å². The Bertz CT molecular complexity index is 1110. The molecule has 4 fully saturated rings. The van der Waals surface area contributed by atoms with Crippen LogP contribution in [0.5, 0.6) is 0 Å². The lowest BCUT2D eigenvalue weighted by molar-refractivity contribution is -0.199. The van der Waals surface area contributed by atoms with E-state index in [1.165, 1.54) is 0 Å². The second-order valence-electron chi connectivity index (χ2n) is 14.3. The maximum atomic E-state index is 13.7. The maximum Gasteiger partial charge on any atom is 0.481 e. The van der Waals surface area contributed by atoms with Crippen molar-refractivity contribution in [3.05, 3.63) is 30.3 Å². The average Bonchev–Trinajstić information content (AvgIpc) is 3.22. The molecule has 0 unspecified atom stereocenters. The normalized spacial score (nSPS) is 27.7. The van der Waals surface area contributed by atoms with Gasteiger partial charge in [0.1, 0.15) is 5.60 Å². The topological polar surface area (TPSA) is 115 Å². The van der Waals surface area contributed by atoms with Crippen LogP contribution in [0.1, 0.15) is 81.1 Å². The molecule has 2 bridgehead atoms. The van der Waals surface area contributed by atoms with Crippen molar-refractivity contribution in [3.63, 3.8) is 0 Å². The van der Waals surface area contributed by atoms with Crippen LogP contribution in [0.25, 0.3) is 0 Å². The number of hydrogen-bond acceptors (Lipinski definition) is 6. The number of esters is 1. The molecule has 1 saturated heterocycles. The number of hydrogen-bond donors (Lipinski definition) is 3. The Kier molecular flexibility index (Phi) is 9.14. The number of nitrogens with one attached hydrogen (secondary N) is 3. The molecule has 1 heterocycles. The van der Waals surface area contributed by atoms with Crippen LogP contribution >= 0.6 is 0 Å². The van der Waals surface area contributed by atoms with E-state index >= 15 is 0 Å². The molecule has 4 aliphatic rings. The van der Waals surface area contributed by atoms with E-state index in [0.29, 0.717) is 23.9 Å². The van der Waals surface area contributed by atoms with Crippen LogP contribution in [-0.4, -0.2) is 54.8 Å². The lowest BCUT2D eigenvalue weighted by Gasteiger charge is -2.64. The smallest absolute Gasteiger partial charge is 0.460 e. The number of urea groups is 1. The highest BCUT2D eigenvalue weighted by atomic mass is 16.7. The first-order chi connectivity index (χ1) is 19.1. The number of carbonyl (C=O) groups excluding carboxylic acids is 3. The Hall–Kier alpha value is -2.59. The van der Waals surface area contributed by atoms with Gasteiger partial charge in [0.25, 0.3) is 0 Å². The number of amides is 3. The molecule has 6 atom stereocenters. The highest BCUT2D eigenvalue weighted by molar-refractivity contribution is 6.47. The van der Waals surface area contributed by atoms with Gasteiger partial charge >= 0.3 is 19.1 Å². The molecule has 3 saturated carbocycles. The quantitative estimate of drug-likeness (QED) is 0.271. The van der Waals surface area contributed by atoms with E-state index in [4.69, 9.17) is 14.0 Å². The van der Waals surface area contributed by atoms with Crippen molar-refractivity contribution >= 4 is 30.7 Å². The lowest BCUT2D eigenvalue weighted by Crippen LogP contribution is -2.65. The molecule has 10 heteroatoms. The van der Waals surface area contributed by atoms with Crippen molar-refractivity contribution in [1.82, 2.24) is 10.6 Å². The summed E-state index contributed by atoms with van der Waals surface area (Å²) in [6.07, 6.45) is 2.58. The third-order valence-corrected chi connectivity index (χ3v) is 9.09. The zero-order valence-electron chi connectivity index (χ0n) is 25.9. The van der Waals surface area contributed by atoms with Crippen LogP contribution in [0.3, 0.4) is 0 Å². The van der Waals surface area contributed by atoms with Crippen LogP contribution in [0.2, 0.25) is 0 Å². The minimum atomic E-state index is -0.841. The number of ether oxygens (including phenoxy) is 1. The third-order valence-electron chi connectivity index (χ3n) is 9.09. The van der Waals surface area contributed by atoms with Crippen LogP contribution in [0, 0.1) is 29.1 Å². The van der Waals surface area contributed by atoms with Crippen LogP contribution < -0.4 is 16.0 Å². The van der Waals surface area contributed by atoms with E-state index in [-0.39, 0.29) is 36.3 Å². The van der Waals surface area contributed by atoms with Gasteiger partial charge in [-0.3, -0.25) is 9.59 Å². The van der Waals surface area contributed by atoms with Gasteiger partial charge in [0.05, 0.1) is 30.0 Å². The van der Waals surface area contributed by atoms with Crippen molar-refractivity contribution in [3.8, 4) is 0 Å². The first-order valence-corrected chi connectivity index (χ1v) is 15.0. The lowest BCUT2D eigenvalue weighted by atomic mass is 9.43. The van der Waals surface area contributed by atoms with Gasteiger partial charge in [-0.2, -0.15) is 0 Å². The number of benzene rings is 1. The molecule has 5 rings (SSSR count). The summed E-state index contributed by atoms with van der Waals surface area (Å²) in [5.74, 6) is -0.789. The summed E-state index contributed by atoms with van der Waals surface area (Å²) >= 11 is 0. The summed E-state index contributed by atoms with van der Waals surface area (Å²) in [6.45, 7) is 16.3. The molecular weight excluding hydrogens is 521 g/mol. The van der Waals surface area contributed by atoms with Gasteiger partial charge in [-0.1, -0.05) is 45.9 Å². The zero-order valence-corrected chi connectivity index (χ0v) is 25.9. The first-order valence-electron chi connectivity index (χ1n) is 15.0. The van der Waals surface area contributed by atoms with Gasteiger partial charge in [0.15, 0.2) is 0 Å². The Balaban J connectivity index is 1.45. The Morgan fingerprint density at radius 1 is 1.10 bits per heavy atom. The molecule has 1 aromatic carbocycles. The van der Waals surface area contributed by atoms with Crippen molar-refractivity contribution in [2.24, 2.45) is 29.1 Å². The summed E-state index contributed by atoms with van der Waals surface area (Å²) in [4.78, 5) is 39.1. The van der Waals surface area contributed by atoms with Crippen LogP contribution in [0.15, 0.2) is 30.3 Å². The van der Waals surface area contributed by atoms with E-state index in [1.807, 2.05) is 18.2 Å². The summed E-state index contributed by atoms with van der Waals surface area (Å²) < 4.78 is 18.7. The molecule has 1 aliphatic heterocycles. The summed E-state index contributed by atoms with van der Waals surface area (Å²) in [5, 5.41) is 8.64. The van der Waals surface area contributed by atoms with Gasteiger partial charge in [0, 0.05) is 12.2 Å². The molecule has 1 aromatic rings. The zero-order chi connectivity index (χ0) is 30.2. The van der Waals surface area contributed by atoms with Crippen LogP contribution in [-0.2, 0) is 23.6 Å². The summed E-state index contributed by atoms with van der Waals surface area (Å²) in [5.41, 5.74) is -0.246. The predicted molar refractivity (Wildman–Crippen MR) is 159 cm³/mol. The molecule has 3 aliphatic carbocycles. The fourth-order valence-corrected chi connectivity index (χ4v) is 6.87. The predicted octanol–water partition coefficient (Wildman–Crippen LogP) is 4.95. The molecule has 41 heavy (non-hydrogen) atoms. The minimum absolute atomic E-state index is 0.00301. The first kappa shape index (κ1) is 31.4. The van der Waals surface area contributed by atoms with Gasteiger partial charge < -0.3 is 30.0 Å². The van der Waals surface area contributed by atoms with Gasteiger partial charge in [-0.25, -0.2) is 4.79 Å². The fraction of sp³-hybridized carbons (Fsp3) is 0.710. The fourth-order valence-electron chi connectivity index (χ4n) is 6.87. The van der Waals surface area contributed by atoms with Crippen molar-refractivity contribution in [1.29, 1.82) is 0 Å². The van der Waals surface area contributed by atoms with E-state index in [9.17, 15) is 14.4 Å². The van der Waals surface area contributed by atoms with E-state index in [2.05, 4.69) is 50.6 Å². The van der Waals surface area contributed by atoms with Gasteiger partial charge in [-0.15, -0.1) is 0 Å². The van der Waals surface area contributed by atoms with Crippen molar-refractivity contribution in [2.45, 2.75) is 104 Å². The second-order valence-corrected chi connectivity index (χ2v) is 14.3. The highest BCUT2D eigenvalue weighted by Crippen LogP contribution is 2.65. The van der Waals surface area contributed by atoms with E-state index in [1.54, 1.807) is 32.9 Å². The van der Waals surface area contributed by atoms with Gasteiger partial charge in [0.2, 0.25) is 5.91 Å². The molecule has 0 aromatic heterocycles. The van der Waals surface area contributed by atoms with Crippen molar-refractivity contribution in [2.75, 3.05) is 11.9 Å². The molecule has 3 amide bonds. The highest BCUT2D eigenvalue weighted by Gasteiger charge is 2.68. The molecule has 3 N–H and O–H groups in total. The standard InChI is InChI=1S/C31H48BN3O6/c1-19(2)14-25(32-40-24-17-21-16-23(30(21,6)7)31(24,8)41-32)35-27(37)20(15-26(36)39-29(3,4)5)18-33-28(38)34-22-12-10-9-11-13-22/h9-13,19-21,23-25H,14-18H2,1-8H3,(H,35,37)(H2,33,34,38)/t20-,21+,23+,24+,25-,31-/m0/s1. The Labute approximate surface area is 245 Å². The Morgan fingerprint density at radius 3 is 2.39 bits per heavy atom. The number of rotatable bonds is 10. The van der Waals surface area contributed by atoms with E-state index < -0.39 is 42.2 Å². The minimum Gasteiger partial charge on any atom is -0.460 e. The van der Waals surface area contributed by atoms with Gasteiger partial charge in [-0.05, 0) is 82.3 Å². The molecule has 0 spiro atoms. The number of para-hydroxylation sites is 1. The summed E-state index contributed by atoms with van der Waals surface area (Å²) in [7, 11) is -0.581. The van der Waals surface area contributed by atoms with E-state index in [0.717, 1.165) is 12.8 Å². The molecule has 9 nitrogen and oxygen atoms in total. The monoisotopic (exact) mass is 569 g/mol. The molecule has 0 radical (unpaired) electrons. The summed E-state index contributed by atoms with van der Waals surface area (Å²) in [6, 6.07) is 8.57. The SMILES string of the molecule is CC(C)C[C@H](NC(=O)[C@H](CNC(=O)Nc1ccccc1)CC(=O)OC(C)(C)C)B1O[C@@H]2C[C@H]3C[C@H](C3(C)C)[C@]2(C)O1. The number of carbonyl (C=O) groups is 3.